The lowest BCUT2D eigenvalue weighted by Gasteiger charge is -2.09. The highest BCUT2D eigenvalue weighted by molar-refractivity contribution is 9.11. The van der Waals surface area contributed by atoms with Crippen molar-refractivity contribution >= 4 is 27.3 Å². The Morgan fingerprint density at radius 1 is 1.31 bits per heavy atom. The van der Waals surface area contributed by atoms with Crippen LogP contribution in [0.25, 0.3) is 0 Å². The fourth-order valence-corrected chi connectivity index (χ4v) is 3.00. The zero-order chi connectivity index (χ0) is 11.5. The SMILES string of the molecule is OC(Cc1ccc(Br)s1)c1cccc(F)c1. The van der Waals surface area contributed by atoms with E-state index in [9.17, 15) is 9.50 Å². The van der Waals surface area contributed by atoms with Crippen LogP contribution in [-0.4, -0.2) is 5.11 Å². The number of hydrogen-bond donors (Lipinski definition) is 1. The van der Waals surface area contributed by atoms with Crippen molar-refractivity contribution in [1.82, 2.24) is 0 Å². The summed E-state index contributed by atoms with van der Waals surface area (Å²) < 4.78 is 14.0. The van der Waals surface area contributed by atoms with Crippen LogP contribution in [0.1, 0.15) is 16.5 Å². The Morgan fingerprint density at radius 3 is 2.75 bits per heavy atom. The van der Waals surface area contributed by atoms with Crippen molar-refractivity contribution in [2.75, 3.05) is 0 Å². The fraction of sp³-hybridized carbons (Fsp3) is 0.167. The van der Waals surface area contributed by atoms with Crippen LogP contribution in [0.15, 0.2) is 40.2 Å². The summed E-state index contributed by atoms with van der Waals surface area (Å²) in [5, 5.41) is 9.93. The van der Waals surface area contributed by atoms with E-state index < -0.39 is 6.10 Å². The van der Waals surface area contributed by atoms with E-state index in [-0.39, 0.29) is 5.82 Å². The Bertz CT molecular complexity index is 483. The first-order chi connectivity index (χ1) is 7.65. The smallest absolute Gasteiger partial charge is 0.123 e. The van der Waals surface area contributed by atoms with E-state index in [1.54, 1.807) is 23.5 Å². The molecule has 1 nitrogen and oxygen atoms in total. The molecule has 1 aromatic heterocycles. The molecule has 1 unspecified atom stereocenters. The number of rotatable bonds is 3. The van der Waals surface area contributed by atoms with E-state index in [4.69, 9.17) is 0 Å². The number of aliphatic hydroxyl groups is 1. The number of benzene rings is 1. The molecule has 0 saturated carbocycles. The molecule has 2 aromatic rings. The second-order valence-corrected chi connectivity index (χ2v) is 6.03. The first-order valence-corrected chi connectivity index (χ1v) is 6.44. The maximum absolute atomic E-state index is 13.0. The van der Waals surface area contributed by atoms with Crippen molar-refractivity contribution in [3.8, 4) is 0 Å². The van der Waals surface area contributed by atoms with Gasteiger partial charge in [-0.05, 0) is 45.8 Å². The van der Waals surface area contributed by atoms with Crippen molar-refractivity contribution < 1.29 is 9.50 Å². The summed E-state index contributed by atoms with van der Waals surface area (Å²) in [5.74, 6) is -0.316. The van der Waals surface area contributed by atoms with Gasteiger partial charge in [0.2, 0.25) is 0 Å². The molecule has 0 fully saturated rings. The molecule has 0 spiro atoms. The standard InChI is InChI=1S/C12H10BrFOS/c13-12-5-4-10(16-12)7-11(15)8-2-1-3-9(14)6-8/h1-6,11,15H,7H2. The molecule has 2 rings (SSSR count). The van der Waals surface area contributed by atoms with E-state index in [1.807, 2.05) is 12.1 Å². The van der Waals surface area contributed by atoms with Gasteiger partial charge in [0.25, 0.3) is 0 Å². The molecule has 0 aliphatic carbocycles. The lowest BCUT2D eigenvalue weighted by Crippen LogP contribution is -2.00. The lowest BCUT2D eigenvalue weighted by atomic mass is 10.1. The largest absolute Gasteiger partial charge is 0.388 e. The number of aliphatic hydroxyl groups excluding tert-OH is 1. The molecule has 0 aliphatic heterocycles. The molecule has 1 aromatic carbocycles. The second kappa shape index (κ2) is 5.08. The summed E-state index contributed by atoms with van der Waals surface area (Å²) in [6.07, 6.45) is -0.138. The molecule has 1 heterocycles. The molecule has 4 heteroatoms. The molecule has 0 aliphatic rings. The van der Waals surface area contributed by atoms with Crippen LogP contribution in [0, 0.1) is 5.82 Å². The van der Waals surface area contributed by atoms with E-state index in [1.165, 1.54) is 12.1 Å². The highest BCUT2D eigenvalue weighted by atomic mass is 79.9. The Balaban J connectivity index is 2.11. The molecular weight excluding hydrogens is 291 g/mol. The fourth-order valence-electron chi connectivity index (χ4n) is 1.48. The van der Waals surface area contributed by atoms with Crippen molar-refractivity contribution in [3.63, 3.8) is 0 Å². The first kappa shape index (κ1) is 11.8. The van der Waals surface area contributed by atoms with E-state index in [0.29, 0.717) is 12.0 Å². The van der Waals surface area contributed by atoms with E-state index in [0.717, 1.165) is 8.66 Å². The van der Waals surface area contributed by atoms with Gasteiger partial charge in [0.15, 0.2) is 0 Å². The average molecular weight is 301 g/mol. The van der Waals surface area contributed by atoms with Crippen LogP contribution in [0.2, 0.25) is 0 Å². The molecule has 1 N–H and O–H groups in total. The van der Waals surface area contributed by atoms with Gasteiger partial charge in [0.1, 0.15) is 5.82 Å². The van der Waals surface area contributed by atoms with Crippen LogP contribution < -0.4 is 0 Å². The molecule has 84 valence electrons. The maximum atomic E-state index is 13.0. The van der Waals surface area contributed by atoms with Crippen LogP contribution >= 0.6 is 27.3 Å². The number of hydrogen-bond acceptors (Lipinski definition) is 2. The van der Waals surface area contributed by atoms with Gasteiger partial charge in [-0.25, -0.2) is 4.39 Å². The second-order valence-electron chi connectivity index (χ2n) is 3.48. The summed E-state index contributed by atoms with van der Waals surface area (Å²) >= 11 is 4.94. The summed E-state index contributed by atoms with van der Waals surface area (Å²) in [4.78, 5) is 1.07. The zero-order valence-electron chi connectivity index (χ0n) is 8.36. The van der Waals surface area contributed by atoms with Gasteiger partial charge in [-0.2, -0.15) is 0 Å². The molecule has 0 bridgehead atoms. The molecule has 16 heavy (non-hydrogen) atoms. The summed E-state index contributed by atoms with van der Waals surface area (Å²) in [5.41, 5.74) is 0.615. The highest BCUT2D eigenvalue weighted by Crippen LogP contribution is 2.27. The highest BCUT2D eigenvalue weighted by Gasteiger charge is 2.10. The third kappa shape index (κ3) is 2.90. The molecule has 0 radical (unpaired) electrons. The van der Waals surface area contributed by atoms with Gasteiger partial charge < -0.3 is 5.11 Å². The van der Waals surface area contributed by atoms with Crippen molar-refractivity contribution in [3.05, 3.63) is 56.4 Å². The maximum Gasteiger partial charge on any atom is 0.123 e. The van der Waals surface area contributed by atoms with Gasteiger partial charge in [0.05, 0.1) is 9.89 Å². The van der Waals surface area contributed by atoms with E-state index >= 15 is 0 Å². The first-order valence-electron chi connectivity index (χ1n) is 4.83. The van der Waals surface area contributed by atoms with Gasteiger partial charge in [0, 0.05) is 11.3 Å². The average Bonchev–Trinajstić information content (AvgIpc) is 2.64. The normalized spacial score (nSPS) is 12.7. The van der Waals surface area contributed by atoms with Crippen molar-refractivity contribution in [2.24, 2.45) is 0 Å². The predicted molar refractivity (Wildman–Crippen MR) is 67.1 cm³/mol. The Kier molecular flexibility index (Phi) is 3.74. The third-order valence-corrected chi connectivity index (χ3v) is 3.90. The van der Waals surface area contributed by atoms with Gasteiger partial charge in [-0.1, -0.05) is 12.1 Å². The minimum absolute atomic E-state index is 0.316. The van der Waals surface area contributed by atoms with Crippen LogP contribution in [0.4, 0.5) is 4.39 Å². The molecule has 1 atom stereocenters. The van der Waals surface area contributed by atoms with Gasteiger partial charge >= 0.3 is 0 Å². The monoisotopic (exact) mass is 300 g/mol. The Hall–Kier alpha value is -0.710. The van der Waals surface area contributed by atoms with E-state index in [2.05, 4.69) is 15.9 Å². The minimum Gasteiger partial charge on any atom is -0.388 e. The molecular formula is C12H10BrFOS. The summed E-state index contributed by atoms with van der Waals surface area (Å²) in [6.45, 7) is 0. The van der Waals surface area contributed by atoms with Crippen molar-refractivity contribution in [2.45, 2.75) is 12.5 Å². The quantitative estimate of drug-likeness (QED) is 0.911. The van der Waals surface area contributed by atoms with Crippen LogP contribution in [0.3, 0.4) is 0 Å². The predicted octanol–water partition coefficient (Wildman–Crippen LogP) is 3.93. The summed E-state index contributed by atoms with van der Waals surface area (Å²) in [6, 6.07) is 9.98. The molecule has 0 amide bonds. The zero-order valence-corrected chi connectivity index (χ0v) is 10.8. The molecule has 0 saturated heterocycles. The van der Waals surface area contributed by atoms with Crippen LogP contribution in [0.5, 0.6) is 0 Å². The lowest BCUT2D eigenvalue weighted by molar-refractivity contribution is 0.179. The Morgan fingerprint density at radius 2 is 2.12 bits per heavy atom. The number of halogens is 2. The third-order valence-electron chi connectivity index (χ3n) is 2.26. The van der Waals surface area contributed by atoms with Gasteiger partial charge in [-0.3, -0.25) is 0 Å². The van der Waals surface area contributed by atoms with Gasteiger partial charge in [-0.15, -0.1) is 11.3 Å². The van der Waals surface area contributed by atoms with Crippen LogP contribution in [-0.2, 0) is 6.42 Å². The number of thiophene rings is 1. The topological polar surface area (TPSA) is 20.2 Å². The minimum atomic E-state index is -0.652. The summed E-state index contributed by atoms with van der Waals surface area (Å²) in [7, 11) is 0. The Labute approximate surface area is 106 Å². The van der Waals surface area contributed by atoms with Crippen molar-refractivity contribution in [1.29, 1.82) is 0 Å².